The number of carbonyl (C=O) groups is 1. The van der Waals surface area contributed by atoms with Crippen LogP contribution in [0.1, 0.15) is 48.7 Å². The zero-order valence-electron chi connectivity index (χ0n) is 13.2. The van der Waals surface area contributed by atoms with Crippen molar-refractivity contribution in [3.8, 4) is 17.1 Å². The van der Waals surface area contributed by atoms with Crippen LogP contribution < -0.4 is 10.1 Å². The summed E-state index contributed by atoms with van der Waals surface area (Å²) in [6, 6.07) is 7.87. The topological polar surface area (TPSA) is 64.4 Å². The highest BCUT2D eigenvalue weighted by Crippen LogP contribution is 2.38. The van der Waals surface area contributed by atoms with Crippen LogP contribution >= 0.6 is 0 Å². The minimum absolute atomic E-state index is 0.156. The highest BCUT2D eigenvalue weighted by atomic mass is 16.5. The molecule has 120 valence electrons. The highest BCUT2D eigenvalue weighted by Gasteiger charge is 2.30. The average Bonchev–Trinajstić information content (AvgIpc) is 3.01. The fraction of sp³-hybridized carbons (Fsp3) is 0.444. The molecule has 4 rings (SSSR count). The van der Waals surface area contributed by atoms with Crippen molar-refractivity contribution >= 4 is 5.91 Å². The van der Waals surface area contributed by atoms with Crippen LogP contribution in [0.2, 0.25) is 0 Å². The van der Waals surface area contributed by atoms with Gasteiger partial charge in [-0.15, -0.1) is 0 Å². The molecule has 2 aliphatic rings. The Balaban J connectivity index is 1.59. The van der Waals surface area contributed by atoms with Gasteiger partial charge in [0, 0.05) is 6.04 Å². The molecule has 2 aromatic rings. The molecule has 0 spiro atoms. The third-order valence-corrected chi connectivity index (χ3v) is 4.93. The van der Waals surface area contributed by atoms with Gasteiger partial charge in [0.15, 0.2) is 11.5 Å². The van der Waals surface area contributed by atoms with Gasteiger partial charge < -0.3 is 14.6 Å². The molecule has 1 N–H and O–H groups in total. The first-order valence-electron chi connectivity index (χ1n) is 8.25. The number of para-hydroxylation sites is 1. The van der Waals surface area contributed by atoms with Crippen LogP contribution in [0.15, 0.2) is 28.8 Å². The number of nitrogens with zero attached hydrogens (tertiary/aromatic N) is 1. The molecule has 5 nitrogen and oxygen atoms in total. The van der Waals surface area contributed by atoms with Gasteiger partial charge in [-0.05, 0) is 30.9 Å². The summed E-state index contributed by atoms with van der Waals surface area (Å²) in [5.41, 5.74) is 1.95. The number of carbonyl (C=O) groups excluding carboxylic acids is 1. The van der Waals surface area contributed by atoms with Crippen LogP contribution in [-0.2, 0) is 6.61 Å². The molecule has 1 amide bonds. The summed E-state index contributed by atoms with van der Waals surface area (Å²) in [6.07, 6.45) is 4.62. The van der Waals surface area contributed by atoms with Crippen molar-refractivity contribution in [1.82, 2.24) is 10.5 Å². The first-order valence-corrected chi connectivity index (χ1v) is 8.25. The largest absolute Gasteiger partial charge is 0.488 e. The van der Waals surface area contributed by atoms with Crippen molar-refractivity contribution in [2.45, 2.75) is 45.3 Å². The lowest BCUT2D eigenvalue weighted by Gasteiger charge is -2.29. The Bertz CT molecular complexity index is 738. The predicted molar refractivity (Wildman–Crippen MR) is 85.2 cm³/mol. The average molecular weight is 312 g/mol. The van der Waals surface area contributed by atoms with E-state index in [9.17, 15) is 4.79 Å². The monoisotopic (exact) mass is 312 g/mol. The molecule has 5 heteroatoms. The standard InChI is InChI=1S/C18H20N2O3/c1-11-6-2-4-8-14(11)19-18(21)16-13-10-22-15-9-5-3-7-12(15)17(13)23-20-16/h3,5,7,9,11,14H,2,4,6,8,10H2,1H3,(H,19,21)/t11-,14+/m1/s1. The maximum atomic E-state index is 12.6. The lowest BCUT2D eigenvalue weighted by atomic mass is 9.86. The minimum atomic E-state index is -0.156. The van der Waals surface area contributed by atoms with Crippen LogP contribution in [0.3, 0.4) is 0 Å². The smallest absolute Gasteiger partial charge is 0.274 e. The molecule has 0 radical (unpaired) electrons. The summed E-state index contributed by atoms with van der Waals surface area (Å²) in [5, 5.41) is 7.15. The fourth-order valence-corrected chi connectivity index (χ4v) is 3.53. The van der Waals surface area contributed by atoms with Crippen molar-refractivity contribution in [3.63, 3.8) is 0 Å². The number of aromatic nitrogens is 1. The quantitative estimate of drug-likeness (QED) is 0.921. The van der Waals surface area contributed by atoms with E-state index < -0.39 is 0 Å². The van der Waals surface area contributed by atoms with Crippen LogP contribution in [-0.4, -0.2) is 17.1 Å². The number of hydrogen-bond acceptors (Lipinski definition) is 4. The maximum Gasteiger partial charge on any atom is 0.274 e. The van der Waals surface area contributed by atoms with Gasteiger partial charge in [-0.2, -0.15) is 0 Å². The second kappa shape index (κ2) is 5.72. The van der Waals surface area contributed by atoms with Crippen molar-refractivity contribution in [1.29, 1.82) is 0 Å². The minimum Gasteiger partial charge on any atom is -0.488 e. The third-order valence-electron chi connectivity index (χ3n) is 4.93. The number of benzene rings is 1. The number of hydrogen-bond donors (Lipinski definition) is 1. The van der Waals surface area contributed by atoms with Gasteiger partial charge in [0.05, 0.1) is 11.1 Å². The molecule has 1 fully saturated rings. The van der Waals surface area contributed by atoms with Gasteiger partial charge in [-0.1, -0.05) is 37.1 Å². The Hall–Kier alpha value is -2.30. The second-order valence-corrected chi connectivity index (χ2v) is 6.47. The molecular formula is C18H20N2O3. The van der Waals surface area contributed by atoms with Gasteiger partial charge in [-0.3, -0.25) is 4.79 Å². The van der Waals surface area contributed by atoms with Gasteiger partial charge in [-0.25, -0.2) is 0 Å². The van der Waals surface area contributed by atoms with E-state index in [1.807, 2.05) is 24.3 Å². The Labute approximate surface area is 135 Å². The third kappa shape index (κ3) is 2.50. The van der Waals surface area contributed by atoms with E-state index in [2.05, 4.69) is 17.4 Å². The molecule has 0 saturated heterocycles. The number of fused-ring (bicyclic) bond motifs is 3. The van der Waals surface area contributed by atoms with Crippen LogP contribution in [0, 0.1) is 5.92 Å². The number of rotatable bonds is 2. The molecule has 1 aromatic heterocycles. The zero-order valence-corrected chi connectivity index (χ0v) is 13.2. The number of amides is 1. The van der Waals surface area contributed by atoms with Crippen molar-refractivity contribution in [2.75, 3.05) is 0 Å². The lowest BCUT2D eigenvalue weighted by molar-refractivity contribution is 0.0899. The number of ether oxygens (including phenoxy) is 1. The molecule has 0 bridgehead atoms. The molecule has 1 aliphatic carbocycles. The Morgan fingerprint density at radius 2 is 2.09 bits per heavy atom. The van der Waals surface area contributed by atoms with Gasteiger partial charge in [0.25, 0.3) is 5.91 Å². The fourth-order valence-electron chi connectivity index (χ4n) is 3.53. The normalized spacial score (nSPS) is 22.7. The zero-order chi connectivity index (χ0) is 15.8. The molecule has 1 aromatic carbocycles. The number of nitrogens with one attached hydrogen (secondary N) is 1. The molecule has 2 heterocycles. The first kappa shape index (κ1) is 14.3. The van der Waals surface area contributed by atoms with Crippen LogP contribution in [0.25, 0.3) is 11.3 Å². The van der Waals surface area contributed by atoms with E-state index in [1.165, 1.54) is 19.3 Å². The van der Waals surface area contributed by atoms with Crippen molar-refractivity contribution in [3.05, 3.63) is 35.5 Å². The van der Waals surface area contributed by atoms with Crippen molar-refractivity contribution < 1.29 is 14.1 Å². The Morgan fingerprint density at radius 1 is 1.26 bits per heavy atom. The molecule has 2 atom stereocenters. The molecule has 23 heavy (non-hydrogen) atoms. The van der Waals surface area contributed by atoms with Crippen LogP contribution in [0.5, 0.6) is 5.75 Å². The van der Waals surface area contributed by atoms with Crippen LogP contribution in [0.4, 0.5) is 0 Å². The van der Waals surface area contributed by atoms with Gasteiger partial charge in [0.1, 0.15) is 12.4 Å². The van der Waals surface area contributed by atoms with E-state index in [-0.39, 0.29) is 11.9 Å². The highest BCUT2D eigenvalue weighted by molar-refractivity contribution is 5.95. The van der Waals surface area contributed by atoms with E-state index in [4.69, 9.17) is 9.26 Å². The van der Waals surface area contributed by atoms with E-state index in [0.29, 0.717) is 24.0 Å². The van der Waals surface area contributed by atoms with E-state index in [1.54, 1.807) is 0 Å². The SMILES string of the molecule is C[C@@H]1CCCC[C@@H]1NC(=O)c1noc2c1COc1ccccc1-2. The van der Waals surface area contributed by atoms with Crippen molar-refractivity contribution in [2.24, 2.45) is 5.92 Å². The van der Waals surface area contributed by atoms with E-state index >= 15 is 0 Å². The summed E-state index contributed by atoms with van der Waals surface area (Å²) in [4.78, 5) is 12.6. The molecule has 1 aliphatic heterocycles. The Morgan fingerprint density at radius 3 is 2.96 bits per heavy atom. The second-order valence-electron chi connectivity index (χ2n) is 6.47. The Kier molecular flexibility index (Phi) is 3.56. The molecule has 1 saturated carbocycles. The molecular weight excluding hydrogens is 292 g/mol. The predicted octanol–water partition coefficient (Wildman–Crippen LogP) is 3.54. The first-order chi connectivity index (χ1) is 11.2. The van der Waals surface area contributed by atoms with Gasteiger partial charge in [0.2, 0.25) is 0 Å². The summed E-state index contributed by atoms with van der Waals surface area (Å²) < 4.78 is 11.2. The van der Waals surface area contributed by atoms with Gasteiger partial charge >= 0.3 is 0 Å². The summed E-state index contributed by atoms with van der Waals surface area (Å²) in [7, 11) is 0. The summed E-state index contributed by atoms with van der Waals surface area (Å²) in [6.45, 7) is 2.51. The summed E-state index contributed by atoms with van der Waals surface area (Å²) in [5.74, 6) is 1.77. The lowest BCUT2D eigenvalue weighted by Crippen LogP contribution is -2.41. The van der Waals surface area contributed by atoms with E-state index in [0.717, 1.165) is 23.3 Å². The molecule has 0 unspecified atom stereocenters. The summed E-state index contributed by atoms with van der Waals surface area (Å²) >= 11 is 0. The maximum absolute atomic E-state index is 12.6.